The summed E-state index contributed by atoms with van der Waals surface area (Å²) in [5.41, 5.74) is 2.22. The minimum Gasteiger partial charge on any atom is -0.443 e. The van der Waals surface area contributed by atoms with E-state index in [0.29, 0.717) is 17.1 Å². The second-order valence-electron chi connectivity index (χ2n) is 7.15. The molecule has 0 unspecified atom stereocenters. The van der Waals surface area contributed by atoms with Crippen LogP contribution in [0.4, 0.5) is 4.79 Å². The molecule has 1 N–H and O–H groups in total. The average Bonchev–Trinajstić information content (AvgIpc) is 2.89. The molecule has 3 heterocycles. The van der Waals surface area contributed by atoms with Crippen molar-refractivity contribution in [3.63, 3.8) is 0 Å². The number of carbonyl (C=O) groups is 2. The molecule has 2 aromatic heterocycles. The molecular weight excluding hydrogens is 342 g/mol. The van der Waals surface area contributed by atoms with Gasteiger partial charge >= 0.3 is 6.09 Å². The molecule has 1 aliphatic heterocycles. The lowest BCUT2D eigenvalue weighted by molar-refractivity contribution is 0.0164. The maximum Gasteiger partial charge on any atom is 0.417 e. The number of aromatic amines is 1. The van der Waals surface area contributed by atoms with E-state index < -0.39 is 11.7 Å². The largest absolute Gasteiger partial charge is 0.443 e. The number of H-pyrrole nitrogens is 1. The van der Waals surface area contributed by atoms with Crippen LogP contribution in [0.2, 0.25) is 5.15 Å². The number of carbonyl (C=O) groups excluding carboxylic acids is 2. The van der Waals surface area contributed by atoms with Crippen LogP contribution in [0.15, 0.2) is 24.4 Å². The van der Waals surface area contributed by atoms with E-state index in [9.17, 15) is 9.59 Å². The van der Waals surface area contributed by atoms with Gasteiger partial charge in [0.05, 0.1) is 5.56 Å². The van der Waals surface area contributed by atoms with Gasteiger partial charge in [-0.15, -0.1) is 0 Å². The van der Waals surface area contributed by atoms with Gasteiger partial charge in [-0.2, -0.15) is 0 Å². The number of hydrogen-bond donors (Lipinski definition) is 1. The highest BCUT2D eigenvalue weighted by Gasteiger charge is 2.38. The van der Waals surface area contributed by atoms with Crippen molar-refractivity contribution in [2.45, 2.75) is 45.8 Å². The van der Waals surface area contributed by atoms with Gasteiger partial charge in [0.1, 0.15) is 10.8 Å². The number of aromatic nitrogens is 2. The number of fused-ring (bicyclic) bond motifs is 1. The van der Waals surface area contributed by atoms with Gasteiger partial charge in [0, 0.05) is 35.6 Å². The summed E-state index contributed by atoms with van der Waals surface area (Å²) in [7, 11) is 0. The third kappa shape index (κ3) is 3.54. The fourth-order valence-electron chi connectivity index (χ4n) is 2.87. The Morgan fingerprint density at radius 1 is 1.40 bits per heavy atom. The highest BCUT2D eigenvalue weighted by molar-refractivity contribution is 6.29. The maximum absolute atomic E-state index is 12.8. The van der Waals surface area contributed by atoms with Gasteiger partial charge in [0.2, 0.25) is 0 Å². The second kappa shape index (κ2) is 6.19. The zero-order valence-electron chi connectivity index (χ0n) is 14.6. The van der Waals surface area contributed by atoms with Crippen LogP contribution in [0.1, 0.15) is 43.7 Å². The van der Waals surface area contributed by atoms with Crippen LogP contribution in [0.5, 0.6) is 0 Å². The van der Waals surface area contributed by atoms with Crippen LogP contribution < -0.4 is 0 Å². The smallest absolute Gasteiger partial charge is 0.417 e. The summed E-state index contributed by atoms with van der Waals surface area (Å²) in [6.45, 7) is 7.15. The molecule has 6 nitrogen and oxygen atoms in total. The van der Waals surface area contributed by atoms with Gasteiger partial charge in [-0.1, -0.05) is 11.6 Å². The van der Waals surface area contributed by atoms with Gasteiger partial charge < -0.3 is 9.72 Å². The van der Waals surface area contributed by atoms with Gasteiger partial charge in [0.15, 0.2) is 0 Å². The third-order valence-corrected chi connectivity index (χ3v) is 4.12. The van der Waals surface area contributed by atoms with Crippen molar-refractivity contribution in [3.8, 4) is 11.3 Å². The van der Waals surface area contributed by atoms with Crippen molar-refractivity contribution < 1.29 is 14.3 Å². The van der Waals surface area contributed by atoms with E-state index in [-0.39, 0.29) is 11.9 Å². The summed E-state index contributed by atoms with van der Waals surface area (Å²) >= 11 is 5.94. The zero-order chi connectivity index (χ0) is 18.4. The molecule has 3 rings (SSSR count). The first-order valence-electron chi connectivity index (χ1n) is 8.06. The summed E-state index contributed by atoms with van der Waals surface area (Å²) in [5, 5.41) is 0.375. The van der Waals surface area contributed by atoms with Crippen LogP contribution in [-0.2, 0) is 11.2 Å². The van der Waals surface area contributed by atoms with Crippen LogP contribution in [0.3, 0.4) is 0 Å². The minimum atomic E-state index is -0.658. The van der Waals surface area contributed by atoms with E-state index in [1.165, 1.54) is 4.90 Å². The van der Waals surface area contributed by atoms with E-state index in [2.05, 4.69) is 9.97 Å². The van der Waals surface area contributed by atoms with Crippen molar-refractivity contribution >= 4 is 23.6 Å². The molecule has 132 valence electrons. The number of rotatable bonds is 1. The standard InChI is InChI=1S/C18H20ClN3O3/c1-10-7-14-12(16(23)22(10)17(24)25-18(2,3)4)9-13(21-14)11-5-6-20-15(19)8-11/h5-6,8-10,21H,7H2,1-4H3/t10-/m1/s1. The highest BCUT2D eigenvalue weighted by atomic mass is 35.5. The van der Waals surface area contributed by atoms with Gasteiger partial charge in [-0.25, -0.2) is 14.7 Å². The molecule has 0 radical (unpaired) electrons. The van der Waals surface area contributed by atoms with E-state index in [0.717, 1.165) is 17.0 Å². The summed E-state index contributed by atoms with van der Waals surface area (Å²) < 4.78 is 5.37. The molecule has 1 aliphatic rings. The average molecular weight is 362 g/mol. The number of nitrogens with one attached hydrogen (secondary N) is 1. The molecule has 1 atom stereocenters. The molecule has 0 saturated heterocycles. The topological polar surface area (TPSA) is 75.3 Å². The van der Waals surface area contributed by atoms with E-state index in [1.807, 2.05) is 13.0 Å². The molecule has 0 fully saturated rings. The lowest BCUT2D eigenvalue weighted by Crippen LogP contribution is -2.49. The Hall–Kier alpha value is -2.34. The molecular formula is C18H20ClN3O3. The Morgan fingerprint density at radius 2 is 2.12 bits per heavy atom. The van der Waals surface area contributed by atoms with E-state index in [4.69, 9.17) is 16.3 Å². The summed E-state index contributed by atoms with van der Waals surface area (Å²) in [6, 6.07) is 4.98. The van der Waals surface area contributed by atoms with Crippen LogP contribution in [0.25, 0.3) is 11.3 Å². The predicted molar refractivity (Wildman–Crippen MR) is 94.6 cm³/mol. The second-order valence-corrected chi connectivity index (χ2v) is 7.54. The monoisotopic (exact) mass is 361 g/mol. The van der Waals surface area contributed by atoms with Crippen molar-refractivity contribution in [2.24, 2.45) is 0 Å². The maximum atomic E-state index is 12.8. The lowest BCUT2D eigenvalue weighted by atomic mass is 10.0. The van der Waals surface area contributed by atoms with E-state index in [1.54, 1.807) is 39.1 Å². The molecule has 2 amide bonds. The number of amides is 2. The van der Waals surface area contributed by atoms with Crippen molar-refractivity contribution in [1.29, 1.82) is 0 Å². The van der Waals surface area contributed by atoms with Crippen LogP contribution in [-0.4, -0.2) is 38.5 Å². The SMILES string of the molecule is C[C@@H]1Cc2[nH]c(-c3ccnc(Cl)c3)cc2C(=O)N1C(=O)OC(C)(C)C. The molecule has 7 heteroatoms. The lowest BCUT2D eigenvalue weighted by Gasteiger charge is -2.33. The predicted octanol–water partition coefficient (Wildman–Crippen LogP) is 4.05. The Balaban J connectivity index is 1.93. The third-order valence-electron chi connectivity index (χ3n) is 3.92. The Kier molecular flexibility index (Phi) is 4.33. The number of imide groups is 1. The van der Waals surface area contributed by atoms with Gasteiger partial charge in [-0.3, -0.25) is 4.79 Å². The Morgan fingerprint density at radius 3 is 2.76 bits per heavy atom. The Labute approximate surface area is 151 Å². The minimum absolute atomic E-state index is 0.289. The van der Waals surface area contributed by atoms with Gasteiger partial charge in [-0.05, 0) is 45.9 Å². The number of ether oxygens (including phenoxy) is 1. The van der Waals surface area contributed by atoms with Crippen LogP contribution >= 0.6 is 11.6 Å². The number of pyridine rings is 1. The van der Waals surface area contributed by atoms with Crippen molar-refractivity contribution in [2.75, 3.05) is 0 Å². The van der Waals surface area contributed by atoms with Crippen molar-refractivity contribution in [1.82, 2.24) is 14.9 Å². The number of hydrogen-bond acceptors (Lipinski definition) is 4. The van der Waals surface area contributed by atoms with E-state index >= 15 is 0 Å². The summed E-state index contributed by atoms with van der Waals surface area (Å²) in [4.78, 5) is 33.6. The summed E-state index contributed by atoms with van der Waals surface area (Å²) in [5.74, 6) is -0.356. The molecule has 25 heavy (non-hydrogen) atoms. The normalized spacial score (nSPS) is 17.4. The molecule has 0 aliphatic carbocycles. The molecule has 0 saturated carbocycles. The van der Waals surface area contributed by atoms with Crippen molar-refractivity contribution in [3.05, 3.63) is 40.8 Å². The highest BCUT2D eigenvalue weighted by Crippen LogP contribution is 2.30. The zero-order valence-corrected chi connectivity index (χ0v) is 15.3. The number of nitrogens with zero attached hydrogens (tertiary/aromatic N) is 2. The fourth-order valence-corrected chi connectivity index (χ4v) is 3.04. The first-order valence-corrected chi connectivity index (χ1v) is 8.44. The first-order chi connectivity index (χ1) is 11.7. The number of halogens is 1. The quantitative estimate of drug-likeness (QED) is 0.777. The first kappa shape index (κ1) is 17.5. The van der Waals surface area contributed by atoms with Gasteiger partial charge in [0.25, 0.3) is 5.91 Å². The van der Waals surface area contributed by atoms with Crippen LogP contribution in [0, 0.1) is 0 Å². The fraction of sp³-hybridized carbons (Fsp3) is 0.389. The Bertz CT molecular complexity index is 838. The summed E-state index contributed by atoms with van der Waals surface area (Å²) in [6.07, 6.45) is 1.53. The molecule has 2 aromatic rings. The molecule has 0 spiro atoms. The molecule has 0 aromatic carbocycles. The molecule has 0 bridgehead atoms.